The van der Waals surface area contributed by atoms with E-state index in [1.54, 1.807) is 25.4 Å². The molecular formula is C13H22NO7P. The summed E-state index contributed by atoms with van der Waals surface area (Å²) in [6.45, 7) is 6.17. The SMILES string of the molecule is CCOC(=O)O[C@@H]1C[C@@H]2O[C@@H]1[C@H]1[C@@H]2N1P(=O)(OCC)OCC. The van der Waals surface area contributed by atoms with Crippen LogP contribution in [0.3, 0.4) is 0 Å². The highest BCUT2D eigenvalue weighted by molar-refractivity contribution is 7.51. The largest absolute Gasteiger partial charge is 0.508 e. The smallest absolute Gasteiger partial charge is 0.435 e. The first-order valence-corrected chi connectivity index (χ1v) is 9.22. The van der Waals surface area contributed by atoms with Gasteiger partial charge in [0.05, 0.1) is 38.0 Å². The molecule has 3 aliphatic rings. The lowest BCUT2D eigenvalue weighted by atomic mass is 9.98. The van der Waals surface area contributed by atoms with Crippen LogP contribution in [0.2, 0.25) is 0 Å². The van der Waals surface area contributed by atoms with Gasteiger partial charge in [0.1, 0.15) is 12.2 Å². The number of hydrogen-bond acceptors (Lipinski definition) is 7. The first-order chi connectivity index (χ1) is 10.6. The Kier molecular flexibility index (Phi) is 4.49. The summed E-state index contributed by atoms with van der Waals surface area (Å²) >= 11 is 0. The maximum atomic E-state index is 12.8. The van der Waals surface area contributed by atoms with Crippen molar-refractivity contribution in [3.63, 3.8) is 0 Å². The number of morpholine rings is 1. The Morgan fingerprint density at radius 1 is 1.18 bits per heavy atom. The molecule has 0 saturated carbocycles. The molecule has 0 amide bonds. The second-order valence-electron chi connectivity index (χ2n) is 5.38. The zero-order valence-corrected chi connectivity index (χ0v) is 13.9. The number of rotatable bonds is 7. The Morgan fingerprint density at radius 2 is 1.86 bits per heavy atom. The van der Waals surface area contributed by atoms with E-state index in [2.05, 4.69) is 0 Å². The number of carbonyl (C=O) groups is 1. The van der Waals surface area contributed by atoms with E-state index in [0.717, 1.165) is 0 Å². The molecule has 3 heterocycles. The van der Waals surface area contributed by atoms with Crippen molar-refractivity contribution < 1.29 is 32.6 Å². The summed E-state index contributed by atoms with van der Waals surface area (Å²) in [6, 6.07) is -0.0573. The average Bonchev–Trinajstić information content (AvgIpc) is 2.97. The Balaban J connectivity index is 1.66. The highest BCUT2D eigenvalue weighted by Gasteiger charge is 2.75. The third-order valence-corrected chi connectivity index (χ3v) is 6.40. The van der Waals surface area contributed by atoms with Crippen molar-refractivity contribution >= 4 is 13.9 Å². The number of ether oxygens (including phenoxy) is 3. The second-order valence-corrected chi connectivity index (χ2v) is 7.29. The van der Waals surface area contributed by atoms with Gasteiger partial charge in [0.25, 0.3) is 0 Å². The van der Waals surface area contributed by atoms with Gasteiger partial charge in [-0.15, -0.1) is 0 Å². The van der Waals surface area contributed by atoms with Gasteiger partial charge in [0.15, 0.2) is 0 Å². The van der Waals surface area contributed by atoms with E-state index >= 15 is 0 Å². The van der Waals surface area contributed by atoms with Crippen LogP contribution >= 0.6 is 7.75 Å². The summed E-state index contributed by atoms with van der Waals surface area (Å²) in [7, 11) is -3.28. The minimum Gasteiger partial charge on any atom is -0.435 e. The molecule has 0 N–H and O–H groups in total. The predicted molar refractivity (Wildman–Crippen MR) is 75.4 cm³/mol. The minimum absolute atomic E-state index is 0.0241. The van der Waals surface area contributed by atoms with Gasteiger partial charge in [-0.1, -0.05) is 0 Å². The van der Waals surface area contributed by atoms with E-state index < -0.39 is 13.9 Å². The molecule has 0 aromatic heterocycles. The summed E-state index contributed by atoms with van der Waals surface area (Å²) in [5.74, 6) is 0. The number of nitrogens with zero attached hydrogens (tertiary/aromatic N) is 1. The number of hydrogen-bond donors (Lipinski definition) is 0. The minimum atomic E-state index is -3.28. The summed E-state index contributed by atoms with van der Waals surface area (Å²) in [4.78, 5) is 11.5. The molecular weight excluding hydrogens is 313 g/mol. The Labute approximate surface area is 129 Å². The lowest BCUT2D eigenvalue weighted by molar-refractivity contribution is -0.0137. The van der Waals surface area contributed by atoms with Crippen molar-refractivity contribution in [1.29, 1.82) is 0 Å². The lowest BCUT2D eigenvalue weighted by Crippen LogP contribution is -2.34. The molecule has 3 aliphatic heterocycles. The van der Waals surface area contributed by atoms with Gasteiger partial charge in [-0.3, -0.25) is 9.05 Å². The van der Waals surface area contributed by atoms with Gasteiger partial charge in [0, 0.05) is 6.42 Å². The van der Waals surface area contributed by atoms with Crippen LogP contribution in [-0.4, -0.2) is 61.0 Å². The summed E-state index contributed by atoms with van der Waals surface area (Å²) in [5, 5.41) is 0. The number of fused-ring (bicyclic) bond motifs is 5. The van der Waals surface area contributed by atoms with Crippen molar-refractivity contribution in [2.45, 2.75) is 57.6 Å². The fraction of sp³-hybridized carbons (Fsp3) is 0.923. The highest BCUT2D eigenvalue weighted by Crippen LogP contribution is 2.68. The third-order valence-electron chi connectivity index (χ3n) is 4.13. The van der Waals surface area contributed by atoms with Crippen molar-refractivity contribution in [3.8, 4) is 0 Å². The molecule has 2 bridgehead atoms. The molecule has 9 heteroatoms. The van der Waals surface area contributed by atoms with Crippen molar-refractivity contribution in [2.75, 3.05) is 19.8 Å². The fourth-order valence-electron chi connectivity index (χ4n) is 3.43. The second kappa shape index (κ2) is 6.09. The van der Waals surface area contributed by atoms with Crippen LogP contribution < -0.4 is 0 Å². The molecule has 3 saturated heterocycles. The molecule has 0 radical (unpaired) electrons. The van der Waals surface area contributed by atoms with E-state index in [-0.39, 0.29) is 37.0 Å². The molecule has 3 rings (SSSR count). The highest BCUT2D eigenvalue weighted by atomic mass is 31.2. The Morgan fingerprint density at radius 3 is 2.45 bits per heavy atom. The lowest BCUT2D eigenvalue weighted by Gasteiger charge is -2.22. The molecule has 0 aromatic rings. The molecule has 0 aromatic carbocycles. The maximum Gasteiger partial charge on any atom is 0.508 e. The zero-order valence-electron chi connectivity index (χ0n) is 13.0. The molecule has 1 unspecified atom stereocenters. The van der Waals surface area contributed by atoms with Crippen LogP contribution in [0.4, 0.5) is 4.79 Å². The molecule has 126 valence electrons. The van der Waals surface area contributed by atoms with Crippen LogP contribution in [-0.2, 0) is 27.8 Å². The van der Waals surface area contributed by atoms with E-state index in [1.165, 1.54) is 0 Å². The molecule has 8 nitrogen and oxygen atoms in total. The van der Waals surface area contributed by atoms with Gasteiger partial charge in [-0.2, -0.15) is 4.67 Å². The summed E-state index contributed by atoms with van der Waals surface area (Å²) in [5.41, 5.74) is 0. The van der Waals surface area contributed by atoms with Gasteiger partial charge < -0.3 is 14.2 Å². The first-order valence-electron chi connectivity index (χ1n) is 7.72. The summed E-state index contributed by atoms with van der Waals surface area (Å²) < 4.78 is 41.2. The van der Waals surface area contributed by atoms with Crippen LogP contribution in [0, 0.1) is 0 Å². The molecule has 0 spiro atoms. The fourth-order valence-corrected chi connectivity index (χ4v) is 5.57. The predicted octanol–water partition coefficient (Wildman–Crippen LogP) is 1.93. The van der Waals surface area contributed by atoms with E-state index in [4.69, 9.17) is 23.3 Å². The maximum absolute atomic E-state index is 12.8. The first kappa shape index (κ1) is 16.2. The zero-order chi connectivity index (χ0) is 15.9. The van der Waals surface area contributed by atoms with Gasteiger partial charge in [-0.25, -0.2) is 9.36 Å². The van der Waals surface area contributed by atoms with Crippen molar-refractivity contribution in [1.82, 2.24) is 4.67 Å². The number of carbonyl (C=O) groups excluding carboxylic acids is 1. The van der Waals surface area contributed by atoms with Crippen LogP contribution in [0.15, 0.2) is 0 Å². The summed E-state index contributed by atoms with van der Waals surface area (Å²) in [6.07, 6.45) is -0.881. The average molecular weight is 335 g/mol. The van der Waals surface area contributed by atoms with Gasteiger partial charge in [0.2, 0.25) is 0 Å². The third kappa shape index (κ3) is 2.57. The Bertz CT molecular complexity index is 477. The van der Waals surface area contributed by atoms with Crippen LogP contribution in [0.5, 0.6) is 0 Å². The van der Waals surface area contributed by atoms with Gasteiger partial charge >= 0.3 is 13.9 Å². The quantitative estimate of drug-likeness (QED) is 0.396. The molecule has 3 fully saturated rings. The van der Waals surface area contributed by atoms with E-state index in [0.29, 0.717) is 19.6 Å². The van der Waals surface area contributed by atoms with Crippen LogP contribution in [0.1, 0.15) is 27.2 Å². The standard InChI is InChI=1S/C13H22NO7P/c1-4-17-13(15)21-9-7-8-10-11(12(9)20-8)14(10)22(16,18-5-2)19-6-3/h8-12H,4-7H2,1-3H3/t8-,9+,10+,11+,12-,14?/m0/s1. The van der Waals surface area contributed by atoms with E-state index in [1.807, 2.05) is 0 Å². The molecule has 22 heavy (non-hydrogen) atoms. The Hall–Kier alpha value is -0.660. The van der Waals surface area contributed by atoms with Crippen molar-refractivity contribution in [3.05, 3.63) is 0 Å². The van der Waals surface area contributed by atoms with Crippen LogP contribution in [0.25, 0.3) is 0 Å². The van der Waals surface area contributed by atoms with Crippen molar-refractivity contribution in [2.24, 2.45) is 0 Å². The molecule has 0 aliphatic carbocycles. The monoisotopic (exact) mass is 335 g/mol. The topological polar surface area (TPSA) is 83.3 Å². The van der Waals surface area contributed by atoms with Gasteiger partial charge in [-0.05, 0) is 20.8 Å². The molecule has 6 atom stereocenters. The normalized spacial score (nSPS) is 38.7. The van der Waals surface area contributed by atoms with E-state index in [9.17, 15) is 9.36 Å².